The van der Waals surface area contributed by atoms with Crippen LogP contribution in [0, 0.1) is 0 Å². The summed E-state index contributed by atoms with van der Waals surface area (Å²) in [5.74, 6) is 1.89. The highest BCUT2D eigenvalue weighted by molar-refractivity contribution is 8.00. The molecule has 2 aromatic heterocycles. The number of anilines is 3. The van der Waals surface area contributed by atoms with Crippen molar-refractivity contribution in [1.29, 1.82) is 0 Å². The monoisotopic (exact) mass is 727 g/mol. The second-order valence-corrected chi connectivity index (χ2v) is 18.8. The second kappa shape index (κ2) is 11.3. The number of hydrogen-bond acceptors (Lipinski definition) is 5. The van der Waals surface area contributed by atoms with Crippen molar-refractivity contribution >= 4 is 102 Å². The summed E-state index contributed by atoms with van der Waals surface area (Å²) in [6, 6.07) is 63.0. The molecule has 0 aliphatic carbocycles. The fraction of sp³-hybridized carbons (Fsp3) is 0. The molecule has 254 valence electrons. The molecule has 4 heterocycles. The standard InChI is InChI=1S/C48H29NO3SSi/c1-3-13-37-33(11-1)35-24-21-30(27-41(35)50-37)49(31-22-25-36-34-12-2-4-14-38(34)51-42(36)28-31)32-23-26-48-44(29-32)53-43-17-7-10-20-47(43)54(48)45-18-8-5-15-39(45)52-40-16-6-9-19-46(40)54/h1-29H. The van der Waals surface area contributed by atoms with Crippen LogP contribution in [0.1, 0.15) is 0 Å². The molecule has 0 fully saturated rings. The lowest BCUT2D eigenvalue weighted by atomic mass is 10.1. The van der Waals surface area contributed by atoms with Gasteiger partial charge in [-0.2, -0.15) is 0 Å². The second-order valence-electron chi connectivity index (χ2n) is 14.0. The van der Waals surface area contributed by atoms with Crippen LogP contribution in [-0.2, 0) is 0 Å². The zero-order valence-electron chi connectivity index (χ0n) is 28.8. The molecule has 10 aromatic rings. The first-order valence-electron chi connectivity index (χ1n) is 18.2. The molecule has 0 bridgehead atoms. The quantitative estimate of drug-likeness (QED) is 0.169. The Morgan fingerprint density at radius 1 is 0.370 bits per heavy atom. The lowest BCUT2D eigenvalue weighted by Crippen LogP contribution is -2.77. The average molecular weight is 728 g/mol. The SMILES string of the molecule is c1ccc2c(c1)Oc1ccccc1[Si]21c2ccccc2Sc2cc(N(c3ccc4c(c3)oc3ccccc34)c3ccc4c(c3)oc3ccccc34)ccc21. The largest absolute Gasteiger partial charge is 0.458 e. The van der Waals surface area contributed by atoms with E-state index in [4.69, 9.17) is 13.6 Å². The molecule has 0 N–H and O–H groups in total. The van der Waals surface area contributed by atoms with Gasteiger partial charge in [-0.25, -0.2) is 0 Å². The minimum absolute atomic E-state index is 0.853. The van der Waals surface area contributed by atoms with E-state index in [-0.39, 0.29) is 0 Å². The number of ether oxygens (including phenoxy) is 1. The van der Waals surface area contributed by atoms with Crippen LogP contribution in [0.5, 0.6) is 11.5 Å². The molecule has 2 aliphatic rings. The van der Waals surface area contributed by atoms with Gasteiger partial charge in [-0.05, 0) is 87.5 Å². The van der Waals surface area contributed by atoms with Crippen molar-refractivity contribution in [1.82, 2.24) is 0 Å². The predicted molar refractivity (Wildman–Crippen MR) is 223 cm³/mol. The van der Waals surface area contributed by atoms with E-state index >= 15 is 0 Å². The molecule has 0 saturated carbocycles. The van der Waals surface area contributed by atoms with Crippen LogP contribution in [-0.4, -0.2) is 8.07 Å². The lowest BCUT2D eigenvalue weighted by molar-refractivity contribution is 0.487. The van der Waals surface area contributed by atoms with Gasteiger partial charge in [0.15, 0.2) is 8.07 Å². The molecule has 0 amide bonds. The van der Waals surface area contributed by atoms with Crippen molar-refractivity contribution in [3.05, 3.63) is 176 Å². The first-order valence-corrected chi connectivity index (χ1v) is 21.0. The minimum atomic E-state index is -2.77. The molecule has 4 nitrogen and oxygen atoms in total. The molecule has 12 rings (SSSR count). The first-order chi connectivity index (χ1) is 26.7. The van der Waals surface area contributed by atoms with Gasteiger partial charge < -0.3 is 18.5 Å². The summed E-state index contributed by atoms with van der Waals surface area (Å²) < 4.78 is 19.5. The fourth-order valence-electron chi connectivity index (χ4n) is 8.90. The Balaban J connectivity index is 1.11. The molecule has 8 aromatic carbocycles. The Labute approximate surface area is 315 Å². The lowest BCUT2D eigenvalue weighted by Gasteiger charge is -2.43. The van der Waals surface area contributed by atoms with Crippen molar-refractivity contribution in [2.45, 2.75) is 9.79 Å². The summed E-state index contributed by atoms with van der Waals surface area (Å²) in [7, 11) is -2.77. The van der Waals surface area contributed by atoms with E-state index < -0.39 is 8.07 Å². The number of benzene rings is 8. The van der Waals surface area contributed by atoms with Gasteiger partial charge in [-0.1, -0.05) is 109 Å². The van der Waals surface area contributed by atoms with Gasteiger partial charge in [0.25, 0.3) is 0 Å². The van der Waals surface area contributed by atoms with Crippen molar-refractivity contribution in [3.63, 3.8) is 0 Å². The molecule has 0 unspecified atom stereocenters. The minimum Gasteiger partial charge on any atom is -0.458 e. The summed E-state index contributed by atoms with van der Waals surface area (Å²) in [6.45, 7) is 0. The van der Waals surface area contributed by atoms with Crippen LogP contribution in [0.15, 0.2) is 195 Å². The third-order valence-corrected chi connectivity index (χ3v) is 17.6. The summed E-state index contributed by atoms with van der Waals surface area (Å²) in [5.41, 5.74) is 6.55. The number of furan rings is 2. The van der Waals surface area contributed by atoms with Crippen LogP contribution >= 0.6 is 11.8 Å². The molecule has 0 radical (unpaired) electrons. The molecular weight excluding hydrogens is 699 g/mol. The van der Waals surface area contributed by atoms with Gasteiger partial charge >= 0.3 is 0 Å². The Hall–Kier alpha value is -6.47. The summed E-state index contributed by atoms with van der Waals surface area (Å²) >= 11 is 1.86. The van der Waals surface area contributed by atoms with Gasteiger partial charge in [-0.15, -0.1) is 0 Å². The maximum Gasteiger partial charge on any atom is 0.190 e. The van der Waals surface area contributed by atoms with Crippen LogP contribution in [0.2, 0.25) is 0 Å². The topological polar surface area (TPSA) is 38.8 Å². The summed E-state index contributed by atoms with van der Waals surface area (Å²) in [5, 5.41) is 9.78. The van der Waals surface area contributed by atoms with E-state index in [2.05, 4.69) is 157 Å². The van der Waals surface area contributed by atoms with E-state index in [1.807, 2.05) is 36.0 Å². The van der Waals surface area contributed by atoms with Gasteiger partial charge in [0.05, 0.1) is 0 Å². The van der Waals surface area contributed by atoms with Crippen molar-refractivity contribution in [2.75, 3.05) is 4.90 Å². The summed E-state index contributed by atoms with van der Waals surface area (Å²) in [6.07, 6.45) is 0. The highest BCUT2D eigenvalue weighted by Gasteiger charge is 2.52. The first kappa shape index (κ1) is 30.0. The maximum atomic E-state index is 6.63. The third kappa shape index (κ3) is 4.15. The number of para-hydroxylation sites is 4. The zero-order valence-corrected chi connectivity index (χ0v) is 30.6. The smallest absolute Gasteiger partial charge is 0.190 e. The van der Waals surface area contributed by atoms with E-state index in [0.717, 1.165) is 72.4 Å². The number of hydrogen-bond donors (Lipinski definition) is 0. The van der Waals surface area contributed by atoms with E-state index in [9.17, 15) is 0 Å². The molecule has 0 saturated heterocycles. The normalized spacial score (nSPS) is 13.8. The van der Waals surface area contributed by atoms with Crippen LogP contribution < -0.4 is 30.4 Å². The predicted octanol–water partition coefficient (Wildman–Crippen LogP) is 10.9. The van der Waals surface area contributed by atoms with Crippen LogP contribution in [0.3, 0.4) is 0 Å². The molecular formula is C48H29NO3SSi. The average Bonchev–Trinajstić information content (AvgIpc) is 3.78. The number of rotatable bonds is 3. The van der Waals surface area contributed by atoms with Crippen LogP contribution in [0.4, 0.5) is 17.1 Å². The fourth-order valence-corrected chi connectivity index (χ4v) is 16.1. The van der Waals surface area contributed by atoms with Gasteiger partial charge in [0.2, 0.25) is 0 Å². The van der Waals surface area contributed by atoms with E-state index in [1.165, 1.54) is 30.5 Å². The highest BCUT2D eigenvalue weighted by Crippen LogP contribution is 2.44. The van der Waals surface area contributed by atoms with Crippen molar-refractivity contribution in [2.24, 2.45) is 0 Å². The number of fused-ring (bicyclic) bond motifs is 14. The molecule has 54 heavy (non-hydrogen) atoms. The molecule has 1 spiro atoms. The van der Waals surface area contributed by atoms with E-state index in [0.29, 0.717) is 0 Å². The Bertz CT molecular complexity index is 2980. The van der Waals surface area contributed by atoms with Gasteiger partial charge in [0, 0.05) is 60.5 Å². The molecule has 0 atom stereocenters. The highest BCUT2D eigenvalue weighted by atomic mass is 32.2. The zero-order chi connectivity index (χ0) is 35.4. The van der Waals surface area contributed by atoms with Crippen LogP contribution in [0.25, 0.3) is 43.9 Å². The van der Waals surface area contributed by atoms with Gasteiger partial charge in [0.1, 0.15) is 33.8 Å². The van der Waals surface area contributed by atoms with E-state index in [1.54, 1.807) is 0 Å². The molecule has 6 heteroatoms. The Kier molecular flexibility index (Phi) is 6.27. The van der Waals surface area contributed by atoms with Gasteiger partial charge in [-0.3, -0.25) is 0 Å². The maximum absolute atomic E-state index is 6.63. The third-order valence-electron chi connectivity index (χ3n) is 11.2. The Morgan fingerprint density at radius 3 is 1.46 bits per heavy atom. The summed E-state index contributed by atoms with van der Waals surface area (Å²) in [4.78, 5) is 4.88. The Morgan fingerprint density at radius 2 is 0.833 bits per heavy atom. The van der Waals surface area contributed by atoms with Crippen molar-refractivity contribution < 1.29 is 13.6 Å². The number of nitrogens with zero attached hydrogens (tertiary/aromatic N) is 1. The molecule has 2 aliphatic heterocycles. The van der Waals surface area contributed by atoms with Crippen molar-refractivity contribution in [3.8, 4) is 11.5 Å².